The van der Waals surface area contributed by atoms with Crippen molar-refractivity contribution in [1.29, 1.82) is 0 Å². The van der Waals surface area contributed by atoms with E-state index in [-0.39, 0.29) is 11.7 Å². The lowest BCUT2D eigenvalue weighted by atomic mass is 10.1. The summed E-state index contributed by atoms with van der Waals surface area (Å²) < 4.78 is 5.02. The second-order valence-corrected chi connectivity index (χ2v) is 3.66. The Morgan fingerprint density at radius 1 is 1.53 bits per heavy atom. The first-order valence-corrected chi connectivity index (χ1v) is 4.82. The Morgan fingerprint density at radius 3 is 2.73 bits per heavy atom. The first kappa shape index (κ1) is 11.6. The van der Waals surface area contributed by atoms with Gasteiger partial charge in [-0.05, 0) is 20.4 Å². The van der Waals surface area contributed by atoms with Gasteiger partial charge >= 0.3 is 0 Å². The molecule has 0 atom stereocenters. The number of carbonyl (C=O) groups excluding carboxylic acids is 1. The van der Waals surface area contributed by atoms with Crippen LogP contribution in [-0.4, -0.2) is 29.6 Å². The van der Waals surface area contributed by atoms with Crippen LogP contribution in [0.25, 0.3) is 0 Å². The van der Waals surface area contributed by atoms with E-state index in [4.69, 9.17) is 4.52 Å². The van der Waals surface area contributed by atoms with Gasteiger partial charge in [-0.2, -0.15) is 4.98 Å². The molecule has 0 aliphatic heterocycles. The third kappa shape index (κ3) is 2.53. The lowest BCUT2D eigenvalue weighted by Gasteiger charge is -2.20. The average Bonchev–Trinajstić information content (AvgIpc) is 2.66. The van der Waals surface area contributed by atoms with Gasteiger partial charge in [0.2, 0.25) is 5.89 Å². The van der Waals surface area contributed by atoms with E-state index in [9.17, 15) is 4.79 Å². The van der Waals surface area contributed by atoms with Crippen LogP contribution in [0, 0.1) is 0 Å². The molecule has 0 saturated carbocycles. The predicted molar refractivity (Wildman–Crippen MR) is 54.4 cm³/mol. The maximum atomic E-state index is 11.2. The molecule has 0 fully saturated rings. The minimum absolute atomic E-state index is 0.0541. The standard InChI is InChI=1S/C9H16N4O2/c1-5-11-9(2,3)8-12-6(13-15-8)7(14)10-4/h11H,5H2,1-4H3,(H,10,14). The highest BCUT2D eigenvalue weighted by molar-refractivity contribution is 5.89. The number of nitrogens with one attached hydrogen (secondary N) is 2. The number of hydrogen-bond acceptors (Lipinski definition) is 5. The van der Waals surface area contributed by atoms with Crippen LogP contribution >= 0.6 is 0 Å². The second kappa shape index (κ2) is 4.39. The van der Waals surface area contributed by atoms with Gasteiger partial charge in [0.05, 0.1) is 5.54 Å². The van der Waals surface area contributed by atoms with Gasteiger partial charge in [-0.3, -0.25) is 4.79 Å². The second-order valence-electron chi connectivity index (χ2n) is 3.66. The molecule has 0 spiro atoms. The van der Waals surface area contributed by atoms with Crippen LogP contribution in [0.2, 0.25) is 0 Å². The normalized spacial score (nSPS) is 11.5. The molecule has 1 amide bonds. The van der Waals surface area contributed by atoms with E-state index >= 15 is 0 Å². The molecule has 1 rings (SSSR count). The minimum atomic E-state index is -0.423. The van der Waals surface area contributed by atoms with E-state index in [1.165, 1.54) is 7.05 Å². The van der Waals surface area contributed by atoms with Crippen molar-refractivity contribution < 1.29 is 9.32 Å². The average molecular weight is 212 g/mol. The summed E-state index contributed by atoms with van der Waals surface area (Å²) in [5.74, 6) is 0.110. The highest BCUT2D eigenvalue weighted by Crippen LogP contribution is 2.17. The lowest BCUT2D eigenvalue weighted by Crippen LogP contribution is -2.36. The molecule has 2 N–H and O–H groups in total. The Hall–Kier alpha value is -1.43. The highest BCUT2D eigenvalue weighted by atomic mass is 16.5. The first-order chi connectivity index (χ1) is 7.01. The summed E-state index contributed by atoms with van der Waals surface area (Å²) in [7, 11) is 1.52. The highest BCUT2D eigenvalue weighted by Gasteiger charge is 2.27. The van der Waals surface area contributed by atoms with Gasteiger partial charge in [0.25, 0.3) is 11.7 Å². The zero-order chi connectivity index (χ0) is 11.5. The molecule has 0 bridgehead atoms. The van der Waals surface area contributed by atoms with Gasteiger partial charge < -0.3 is 15.2 Å². The fourth-order valence-corrected chi connectivity index (χ4v) is 1.20. The van der Waals surface area contributed by atoms with Crippen LogP contribution in [0.4, 0.5) is 0 Å². The van der Waals surface area contributed by atoms with Crippen LogP contribution in [0.1, 0.15) is 37.3 Å². The van der Waals surface area contributed by atoms with Crippen LogP contribution in [-0.2, 0) is 5.54 Å². The number of rotatable bonds is 4. The summed E-state index contributed by atoms with van der Waals surface area (Å²) in [6, 6.07) is 0. The quantitative estimate of drug-likeness (QED) is 0.749. The molecule has 0 aromatic carbocycles. The molecule has 1 aromatic heterocycles. The molecule has 0 unspecified atom stereocenters. The number of nitrogens with zero attached hydrogens (tertiary/aromatic N) is 2. The number of carbonyl (C=O) groups is 1. The Balaban J connectivity index is 2.88. The fourth-order valence-electron chi connectivity index (χ4n) is 1.20. The van der Waals surface area contributed by atoms with E-state index in [1.807, 2.05) is 20.8 Å². The SMILES string of the molecule is CCNC(C)(C)c1nc(C(=O)NC)no1. The summed E-state index contributed by atoms with van der Waals surface area (Å²) in [6.07, 6.45) is 0. The van der Waals surface area contributed by atoms with Crippen molar-refractivity contribution in [3.8, 4) is 0 Å². The van der Waals surface area contributed by atoms with Crippen molar-refractivity contribution in [2.24, 2.45) is 0 Å². The van der Waals surface area contributed by atoms with E-state index in [0.29, 0.717) is 5.89 Å². The van der Waals surface area contributed by atoms with Crippen molar-refractivity contribution in [2.45, 2.75) is 26.3 Å². The van der Waals surface area contributed by atoms with Crippen molar-refractivity contribution in [2.75, 3.05) is 13.6 Å². The van der Waals surface area contributed by atoms with Crippen LogP contribution in [0.5, 0.6) is 0 Å². The van der Waals surface area contributed by atoms with E-state index < -0.39 is 5.54 Å². The maximum Gasteiger partial charge on any atom is 0.292 e. The molecule has 0 saturated heterocycles. The fraction of sp³-hybridized carbons (Fsp3) is 0.667. The molecule has 6 heteroatoms. The number of amides is 1. The summed E-state index contributed by atoms with van der Waals surface area (Å²) in [6.45, 7) is 6.59. The molecule has 15 heavy (non-hydrogen) atoms. The van der Waals surface area contributed by atoms with Crippen LogP contribution < -0.4 is 10.6 Å². The zero-order valence-electron chi connectivity index (χ0n) is 9.42. The van der Waals surface area contributed by atoms with E-state index in [1.54, 1.807) is 0 Å². The number of aromatic nitrogens is 2. The Labute approximate surface area is 88.4 Å². The van der Waals surface area contributed by atoms with Crippen molar-refractivity contribution in [1.82, 2.24) is 20.8 Å². The first-order valence-electron chi connectivity index (χ1n) is 4.82. The molecular formula is C9H16N4O2. The summed E-state index contributed by atoms with van der Waals surface area (Å²) in [4.78, 5) is 15.2. The molecular weight excluding hydrogens is 196 g/mol. The van der Waals surface area contributed by atoms with Crippen molar-refractivity contribution >= 4 is 5.91 Å². The smallest absolute Gasteiger partial charge is 0.292 e. The predicted octanol–water partition coefficient (Wildman–Crippen LogP) is 0.274. The number of hydrogen-bond donors (Lipinski definition) is 2. The maximum absolute atomic E-state index is 11.2. The molecule has 1 aromatic rings. The molecule has 6 nitrogen and oxygen atoms in total. The molecule has 0 aliphatic carbocycles. The molecule has 1 heterocycles. The summed E-state index contributed by atoms with van der Waals surface area (Å²) >= 11 is 0. The molecule has 0 radical (unpaired) electrons. The molecule has 0 aliphatic rings. The Morgan fingerprint density at radius 2 is 2.20 bits per heavy atom. The van der Waals surface area contributed by atoms with Gasteiger partial charge in [0, 0.05) is 7.05 Å². The van der Waals surface area contributed by atoms with Gasteiger partial charge in [-0.25, -0.2) is 0 Å². The van der Waals surface area contributed by atoms with Gasteiger partial charge in [-0.15, -0.1) is 0 Å². The van der Waals surface area contributed by atoms with Crippen molar-refractivity contribution in [3.05, 3.63) is 11.7 Å². The van der Waals surface area contributed by atoms with Crippen LogP contribution in [0.3, 0.4) is 0 Å². The Bertz CT molecular complexity index is 346. The van der Waals surface area contributed by atoms with Gasteiger partial charge in [0.15, 0.2) is 0 Å². The topological polar surface area (TPSA) is 80.0 Å². The Kier molecular flexibility index (Phi) is 3.41. The van der Waals surface area contributed by atoms with Gasteiger partial charge in [-0.1, -0.05) is 12.1 Å². The van der Waals surface area contributed by atoms with Gasteiger partial charge in [0.1, 0.15) is 0 Å². The third-order valence-corrected chi connectivity index (χ3v) is 2.01. The van der Waals surface area contributed by atoms with E-state index in [2.05, 4.69) is 20.8 Å². The lowest BCUT2D eigenvalue weighted by molar-refractivity contribution is 0.0950. The largest absolute Gasteiger partial charge is 0.352 e. The zero-order valence-corrected chi connectivity index (χ0v) is 9.42. The van der Waals surface area contributed by atoms with E-state index in [0.717, 1.165) is 6.54 Å². The monoisotopic (exact) mass is 212 g/mol. The van der Waals surface area contributed by atoms with Crippen LogP contribution in [0.15, 0.2) is 4.52 Å². The van der Waals surface area contributed by atoms with Crippen molar-refractivity contribution in [3.63, 3.8) is 0 Å². The summed E-state index contributed by atoms with van der Waals surface area (Å²) in [5, 5.41) is 9.21. The third-order valence-electron chi connectivity index (χ3n) is 2.01. The minimum Gasteiger partial charge on any atom is -0.352 e. The summed E-state index contributed by atoms with van der Waals surface area (Å²) in [5.41, 5.74) is -0.423. The molecule has 84 valence electrons.